The molecule has 1 N–H and O–H groups in total. The number of aromatic nitrogens is 1. The molecular weight excluding hydrogens is 547 g/mol. The van der Waals surface area contributed by atoms with E-state index < -0.39 is 8.07 Å². The largest absolute Gasteiger partial charge is 0.354 e. The average Bonchev–Trinajstić information content (AvgIpc) is 3.42. The average molecular weight is 576 g/mol. The number of hydrogen-bond donors (Lipinski definition) is 1. The molecule has 0 spiro atoms. The van der Waals surface area contributed by atoms with Crippen molar-refractivity contribution in [2.75, 3.05) is 4.90 Å². The van der Waals surface area contributed by atoms with E-state index in [2.05, 4.69) is 158 Å². The molecule has 4 heteroatoms. The fraction of sp³-hybridized carbons (Fsp3) is 0.0500. The molecule has 10 rings (SSSR count). The molecule has 0 saturated carbocycles. The summed E-state index contributed by atoms with van der Waals surface area (Å²) in [5.41, 5.74) is 11.4. The number of nitrogens with zero attached hydrogens (tertiary/aromatic N) is 1. The van der Waals surface area contributed by atoms with Crippen molar-refractivity contribution in [1.82, 2.24) is 4.98 Å². The highest BCUT2D eigenvalue weighted by Crippen LogP contribution is 2.44. The van der Waals surface area contributed by atoms with Gasteiger partial charge in [-0.3, -0.25) is 0 Å². The van der Waals surface area contributed by atoms with Crippen LogP contribution in [0, 0.1) is 0 Å². The summed E-state index contributed by atoms with van der Waals surface area (Å²) in [7, 11) is 0.562. The van der Waals surface area contributed by atoms with Gasteiger partial charge in [0.25, 0.3) is 0 Å². The molecule has 0 fully saturated rings. The molecule has 2 aliphatic rings. The first-order chi connectivity index (χ1) is 21.6. The first-order valence-corrected chi connectivity index (χ1v) is 18.5. The van der Waals surface area contributed by atoms with Crippen molar-refractivity contribution < 1.29 is 0 Å². The Morgan fingerprint density at radius 3 is 2.16 bits per heavy atom. The maximum Gasteiger partial charge on any atom is 0.197 e. The molecule has 1 aromatic heterocycles. The highest BCUT2D eigenvalue weighted by atomic mass is 28.3. The quantitative estimate of drug-likeness (QED) is 0.198. The number of H-pyrrole nitrogens is 1. The van der Waals surface area contributed by atoms with Gasteiger partial charge >= 0.3 is 0 Å². The van der Waals surface area contributed by atoms with Crippen LogP contribution < -0.4 is 26.2 Å². The molecule has 0 unspecified atom stereocenters. The highest BCUT2D eigenvalue weighted by molar-refractivity contribution is 7.03. The van der Waals surface area contributed by atoms with E-state index in [1.807, 2.05) is 0 Å². The third-order valence-electron chi connectivity index (χ3n) is 10.2. The van der Waals surface area contributed by atoms with Crippen LogP contribution in [0.1, 0.15) is 0 Å². The first-order valence-electron chi connectivity index (χ1n) is 15.5. The minimum atomic E-state index is -1.90. The van der Waals surface area contributed by atoms with Gasteiger partial charge in [-0.2, -0.15) is 0 Å². The van der Waals surface area contributed by atoms with E-state index in [-0.39, 0.29) is 0 Å². The molecule has 0 bridgehead atoms. The Morgan fingerprint density at radius 2 is 1.27 bits per heavy atom. The molecule has 2 nitrogen and oxygen atoms in total. The van der Waals surface area contributed by atoms with Gasteiger partial charge in [0.05, 0.1) is 5.52 Å². The fourth-order valence-corrected chi connectivity index (χ4v) is 11.1. The Kier molecular flexibility index (Phi) is 4.72. The number of fused-ring (bicyclic) bond motifs is 10. The summed E-state index contributed by atoms with van der Waals surface area (Å²) >= 11 is 0. The monoisotopic (exact) mass is 575 g/mol. The van der Waals surface area contributed by atoms with E-state index in [1.165, 1.54) is 92.8 Å². The van der Waals surface area contributed by atoms with Gasteiger partial charge in [-0.05, 0) is 61.8 Å². The molecule has 3 heterocycles. The summed E-state index contributed by atoms with van der Waals surface area (Å²) in [5.74, 6) is 0. The van der Waals surface area contributed by atoms with Gasteiger partial charge in [-0.1, -0.05) is 122 Å². The minimum absolute atomic E-state index is 1.18. The van der Waals surface area contributed by atoms with Gasteiger partial charge in [0.15, 0.2) is 7.28 Å². The standard InChI is InChI=1S/C40H28BN2Si/c1-44(2)35-19-8-7-18-34(35)43-39-27-14-6-5-13-26(27)22-31(37(39)41-32-17-10-20-36(44)40(32)43)29-16-9-15-28-30-21-24-11-3-4-12-25(24)23-33(30)42-38(28)29/h3-23,42H,1-2H3. The number of rotatable bonds is 1. The molecule has 2 aliphatic heterocycles. The lowest BCUT2D eigenvalue weighted by molar-refractivity contribution is 1.31. The zero-order chi connectivity index (χ0) is 29.2. The number of anilines is 3. The molecule has 8 aromatic rings. The van der Waals surface area contributed by atoms with Crippen molar-refractivity contribution in [2.24, 2.45) is 0 Å². The lowest BCUT2D eigenvalue weighted by Crippen LogP contribution is -2.62. The second-order valence-electron chi connectivity index (χ2n) is 12.9. The summed E-state index contributed by atoms with van der Waals surface area (Å²) < 4.78 is 0. The van der Waals surface area contributed by atoms with E-state index in [0.717, 1.165) is 0 Å². The summed E-state index contributed by atoms with van der Waals surface area (Å²) in [4.78, 5) is 6.46. The van der Waals surface area contributed by atoms with Crippen LogP contribution in [0.3, 0.4) is 0 Å². The van der Waals surface area contributed by atoms with Crippen molar-refractivity contribution >= 4 is 97.1 Å². The second kappa shape index (κ2) is 8.52. The van der Waals surface area contributed by atoms with Crippen molar-refractivity contribution in [2.45, 2.75) is 13.1 Å². The lowest BCUT2D eigenvalue weighted by Gasteiger charge is -2.45. The third-order valence-corrected chi connectivity index (χ3v) is 13.7. The van der Waals surface area contributed by atoms with Crippen LogP contribution in [0.25, 0.3) is 54.5 Å². The molecule has 7 aromatic carbocycles. The van der Waals surface area contributed by atoms with Crippen LogP contribution in [-0.2, 0) is 0 Å². The van der Waals surface area contributed by atoms with Gasteiger partial charge in [-0.25, -0.2) is 0 Å². The molecule has 44 heavy (non-hydrogen) atoms. The molecule has 205 valence electrons. The van der Waals surface area contributed by atoms with E-state index in [1.54, 1.807) is 0 Å². The van der Waals surface area contributed by atoms with Crippen LogP contribution in [0.5, 0.6) is 0 Å². The number of hydrogen-bond acceptors (Lipinski definition) is 1. The molecule has 0 aliphatic carbocycles. The summed E-state index contributed by atoms with van der Waals surface area (Å²) in [6.07, 6.45) is 0. The van der Waals surface area contributed by atoms with Gasteiger partial charge in [0.1, 0.15) is 8.07 Å². The molecule has 0 atom stereocenters. The van der Waals surface area contributed by atoms with Crippen LogP contribution in [-0.4, -0.2) is 20.3 Å². The van der Waals surface area contributed by atoms with E-state index in [0.29, 0.717) is 0 Å². The fourth-order valence-electron chi connectivity index (χ4n) is 8.07. The molecule has 0 saturated heterocycles. The topological polar surface area (TPSA) is 19.0 Å². The van der Waals surface area contributed by atoms with Crippen LogP contribution >= 0.6 is 0 Å². The van der Waals surface area contributed by atoms with Crippen LogP contribution in [0.4, 0.5) is 17.1 Å². The Hall–Kier alpha value is -5.06. The molecular formula is C40H28BN2Si. The number of nitrogens with one attached hydrogen (secondary N) is 1. The number of benzene rings is 7. The predicted octanol–water partition coefficient (Wildman–Crippen LogP) is 7.87. The SMILES string of the molecule is C[Si]1(C)c2ccccc2N2c3c(cccc31)[B]c1c(-c3cccc4c3[nH]c3cc5ccccc5cc34)cc3ccccc3c12. The Bertz CT molecular complexity index is 2520. The molecule has 1 radical (unpaired) electrons. The zero-order valence-corrected chi connectivity index (χ0v) is 25.6. The zero-order valence-electron chi connectivity index (χ0n) is 24.6. The summed E-state index contributed by atoms with van der Waals surface area (Å²) in [6.45, 7) is 5.01. The van der Waals surface area contributed by atoms with Crippen molar-refractivity contribution in [3.63, 3.8) is 0 Å². The third kappa shape index (κ3) is 3.11. The predicted molar refractivity (Wildman–Crippen MR) is 193 cm³/mol. The van der Waals surface area contributed by atoms with E-state index >= 15 is 0 Å². The van der Waals surface area contributed by atoms with E-state index in [9.17, 15) is 0 Å². The Morgan fingerprint density at radius 1 is 0.568 bits per heavy atom. The number of aromatic amines is 1. The van der Waals surface area contributed by atoms with Crippen molar-refractivity contribution in [1.29, 1.82) is 0 Å². The maximum atomic E-state index is 3.86. The van der Waals surface area contributed by atoms with Crippen LogP contribution in [0.2, 0.25) is 13.1 Å². The Labute approximate surface area is 257 Å². The van der Waals surface area contributed by atoms with Gasteiger partial charge in [0.2, 0.25) is 0 Å². The first kappa shape index (κ1) is 24.4. The van der Waals surface area contributed by atoms with Crippen molar-refractivity contribution in [3.05, 3.63) is 127 Å². The minimum Gasteiger partial charge on any atom is -0.354 e. The Balaban J connectivity index is 1.32. The smallest absolute Gasteiger partial charge is 0.197 e. The second-order valence-corrected chi connectivity index (χ2v) is 17.2. The van der Waals surface area contributed by atoms with Crippen molar-refractivity contribution in [3.8, 4) is 11.1 Å². The highest BCUT2D eigenvalue weighted by Gasteiger charge is 2.42. The van der Waals surface area contributed by atoms with Crippen LogP contribution in [0.15, 0.2) is 127 Å². The summed E-state index contributed by atoms with van der Waals surface area (Å²) in [6, 6.07) is 47.5. The lowest BCUT2D eigenvalue weighted by atomic mass is 9.57. The van der Waals surface area contributed by atoms with Gasteiger partial charge < -0.3 is 9.88 Å². The number of para-hydroxylation sites is 3. The van der Waals surface area contributed by atoms with Gasteiger partial charge in [0, 0.05) is 44.3 Å². The van der Waals surface area contributed by atoms with E-state index in [4.69, 9.17) is 0 Å². The normalized spacial score (nSPS) is 14.5. The maximum absolute atomic E-state index is 3.86. The molecule has 0 amide bonds. The van der Waals surface area contributed by atoms with Gasteiger partial charge in [-0.15, -0.1) is 0 Å². The summed E-state index contributed by atoms with van der Waals surface area (Å²) in [5, 5.41) is 10.6.